The third-order valence-electron chi connectivity index (χ3n) is 7.38. The van der Waals surface area contributed by atoms with E-state index in [4.69, 9.17) is 4.74 Å². The number of alkyl halides is 3. The number of nitrogens with one attached hydrogen (secondary N) is 2. The predicted molar refractivity (Wildman–Crippen MR) is 162 cm³/mol. The number of hydrogen-bond donors (Lipinski definition) is 2. The Morgan fingerprint density at radius 3 is 2.49 bits per heavy atom. The van der Waals surface area contributed by atoms with Crippen molar-refractivity contribution in [1.82, 2.24) is 19.8 Å². The molecule has 2 N–H and O–H groups in total. The smallest absolute Gasteiger partial charge is 0.387 e. The number of hydrogen-bond acceptors (Lipinski definition) is 7. The van der Waals surface area contributed by atoms with Crippen LogP contribution in [0.3, 0.4) is 0 Å². The van der Waals surface area contributed by atoms with Gasteiger partial charge in [0, 0.05) is 24.8 Å². The van der Waals surface area contributed by atoms with Gasteiger partial charge in [-0.1, -0.05) is 13.8 Å². The first-order valence-corrected chi connectivity index (χ1v) is 15.0. The number of halogens is 3. The molecule has 1 aliphatic carbocycles. The highest BCUT2D eigenvalue weighted by Gasteiger charge is 2.33. The van der Waals surface area contributed by atoms with Crippen molar-refractivity contribution in [3.05, 3.63) is 69.6 Å². The van der Waals surface area contributed by atoms with Gasteiger partial charge in [-0.05, 0) is 79.3 Å². The number of aromatic nitrogens is 2. The maximum absolute atomic E-state index is 13.6. The number of carbonyl (C=O) groups is 2. The first-order valence-electron chi connectivity index (χ1n) is 15.0. The van der Waals surface area contributed by atoms with Crippen LogP contribution in [0, 0.1) is 5.92 Å². The average molecular weight is 628 g/mol. The lowest BCUT2D eigenvalue weighted by Gasteiger charge is -2.34. The van der Waals surface area contributed by atoms with Gasteiger partial charge in [0.2, 0.25) is 5.88 Å². The minimum absolute atomic E-state index is 0.0000987. The molecule has 5 rings (SSSR count). The Hall–Kier alpha value is -4.39. The Labute approximate surface area is 258 Å². The molecule has 0 spiro atoms. The number of nitrogens with zero attached hydrogens (tertiary/aromatic N) is 3. The molecule has 1 aliphatic heterocycles. The van der Waals surface area contributed by atoms with Crippen molar-refractivity contribution in [1.29, 1.82) is 0 Å². The second-order valence-corrected chi connectivity index (χ2v) is 11.6. The quantitative estimate of drug-likeness (QED) is 0.273. The lowest BCUT2D eigenvalue weighted by atomic mass is 9.97. The number of ether oxygens (including phenoxy) is 2. The first-order chi connectivity index (χ1) is 21.5. The Balaban J connectivity index is 1.49. The van der Waals surface area contributed by atoms with Gasteiger partial charge in [-0.25, -0.2) is 4.39 Å². The van der Waals surface area contributed by atoms with Crippen molar-refractivity contribution >= 4 is 17.6 Å². The third-order valence-corrected chi connectivity index (χ3v) is 7.38. The lowest BCUT2D eigenvalue weighted by Crippen LogP contribution is -2.51. The van der Waals surface area contributed by atoms with Crippen LogP contribution in [0.15, 0.2) is 47.4 Å². The fourth-order valence-electron chi connectivity index (χ4n) is 5.07. The minimum Gasteiger partial charge on any atom is -0.478 e. The van der Waals surface area contributed by atoms with Crippen LogP contribution in [0.2, 0.25) is 0 Å². The summed E-state index contributed by atoms with van der Waals surface area (Å²) in [5.74, 6) is -0.888. The van der Waals surface area contributed by atoms with E-state index in [0.29, 0.717) is 23.6 Å². The van der Waals surface area contributed by atoms with Crippen LogP contribution < -0.4 is 25.7 Å². The van der Waals surface area contributed by atoms with E-state index < -0.39 is 30.2 Å². The maximum atomic E-state index is 13.6. The van der Waals surface area contributed by atoms with Crippen molar-refractivity contribution in [2.45, 2.75) is 59.0 Å². The minimum atomic E-state index is -3.11. The standard InChI is InChI=1S/C32H36F3N5O5/c1-4-44-28-11-20(24-8-7-23(45-32(34)35)12-25(24)30(42)39-16-21(33)17-39)10-27(37-28)38-29(41)26-9-19(14-36-13-18(2)3)15-40(31(26)43)22-5-6-22/h7-12,15,18,21-22,32,36H,4-6,13-14,16-17H2,1-3H3,(H,37,38,41). The van der Waals surface area contributed by atoms with Crippen LogP contribution in [-0.2, 0) is 6.54 Å². The van der Waals surface area contributed by atoms with Crippen molar-refractivity contribution in [3.8, 4) is 22.8 Å². The summed E-state index contributed by atoms with van der Waals surface area (Å²) in [6.07, 6.45) is 2.34. The van der Waals surface area contributed by atoms with E-state index in [-0.39, 0.29) is 54.3 Å². The van der Waals surface area contributed by atoms with E-state index >= 15 is 0 Å². The SMILES string of the molecule is CCOc1cc(-c2ccc(OC(F)F)cc2C(=O)N2CC(F)C2)cc(NC(=O)c2cc(CNCC(C)C)cn(C3CC3)c2=O)n1. The number of benzene rings is 1. The Morgan fingerprint density at radius 1 is 1.09 bits per heavy atom. The van der Waals surface area contributed by atoms with Crippen molar-refractivity contribution < 1.29 is 32.2 Å². The van der Waals surface area contributed by atoms with Crippen molar-refractivity contribution in [2.24, 2.45) is 5.92 Å². The van der Waals surface area contributed by atoms with Crippen molar-refractivity contribution in [3.63, 3.8) is 0 Å². The van der Waals surface area contributed by atoms with Gasteiger partial charge in [0.1, 0.15) is 23.3 Å². The molecule has 2 aliphatic rings. The van der Waals surface area contributed by atoms with E-state index in [0.717, 1.165) is 24.9 Å². The molecule has 2 aromatic heterocycles. The fourth-order valence-corrected chi connectivity index (χ4v) is 5.07. The van der Waals surface area contributed by atoms with Crippen LogP contribution in [0.5, 0.6) is 11.6 Å². The molecule has 45 heavy (non-hydrogen) atoms. The third kappa shape index (κ3) is 7.83. The zero-order valence-corrected chi connectivity index (χ0v) is 25.3. The maximum Gasteiger partial charge on any atom is 0.387 e. The largest absolute Gasteiger partial charge is 0.478 e. The molecule has 0 atom stereocenters. The molecule has 13 heteroatoms. The highest BCUT2D eigenvalue weighted by Crippen LogP contribution is 2.35. The summed E-state index contributed by atoms with van der Waals surface area (Å²) in [5, 5.41) is 6.04. The van der Waals surface area contributed by atoms with Gasteiger partial charge in [0.25, 0.3) is 17.4 Å². The zero-order valence-electron chi connectivity index (χ0n) is 25.3. The van der Waals surface area contributed by atoms with E-state index in [9.17, 15) is 27.6 Å². The molecule has 0 radical (unpaired) electrons. The molecule has 0 bridgehead atoms. The molecule has 1 saturated heterocycles. The average Bonchev–Trinajstić information content (AvgIpc) is 3.81. The summed E-state index contributed by atoms with van der Waals surface area (Å²) in [7, 11) is 0. The Kier molecular flexibility index (Phi) is 9.76. The highest BCUT2D eigenvalue weighted by molar-refractivity contribution is 6.05. The van der Waals surface area contributed by atoms with Crippen LogP contribution in [0.4, 0.5) is 19.0 Å². The monoisotopic (exact) mass is 627 g/mol. The zero-order chi connectivity index (χ0) is 32.2. The van der Waals surface area contributed by atoms with E-state index in [1.807, 2.05) is 0 Å². The highest BCUT2D eigenvalue weighted by atomic mass is 19.3. The first kappa shape index (κ1) is 32.0. The van der Waals surface area contributed by atoms with E-state index in [2.05, 4.69) is 34.2 Å². The van der Waals surface area contributed by atoms with E-state index in [1.165, 1.54) is 35.2 Å². The molecule has 3 aromatic rings. The summed E-state index contributed by atoms with van der Waals surface area (Å²) in [6, 6.07) is 8.53. The van der Waals surface area contributed by atoms with Gasteiger partial charge >= 0.3 is 6.61 Å². The number of amides is 2. The summed E-state index contributed by atoms with van der Waals surface area (Å²) in [5.41, 5.74) is 1.01. The second-order valence-electron chi connectivity index (χ2n) is 11.6. The number of likely N-dealkylation sites (tertiary alicyclic amines) is 1. The molecule has 2 amide bonds. The van der Waals surface area contributed by atoms with E-state index in [1.54, 1.807) is 23.8 Å². The summed E-state index contributed by atoms with van der Waals surface area (Å²) in [4.78, 5) is 45.8. The lowest BCUT2D eigenvalue weighted by molar-refractivity contribution is -0.0499. The molecular weight excluding hydrogens is 591 g/mol. The molecular formula is C32H36F3N5O5. The van der Waals surface area contributed by atoms with Gasteiger partial charge in [-0.3, -0.25) is 14.4 Å². The predicted octanol–water partition coefficient (Wildman–Crippen LogP) is 5.04. The number of rotatable bonds is 13. The number of carbonyl (C=O) groups excluding carboxylic acids is 2. The summed E-state index contributed by atoms with van der Waals surface area (Å²) >= 11 is 0. The van der Waals surface area contributed by atoms with Crippen LogP contribution in [0.25, 0.3) is 11.1 Å². The normalized spacial score (nSPS) is 14.9. The number of anilines is 1. The molecule has 240 valence electrons. The van der Waals surface area contributed by atoms with Gasteiger partial charge in [-0.15, -0.1) is 0 Å². The van der Waals surface area contributed by atoms with Gasteiger partial charge in [0.05, 0.1) is 25.3 Å². The molecule has 10 nitrogen and oxygen atoms in total. The second kappa shape index (κ2) is 13.7. The van der Waals surface area contributed by atoms with Crippen LogP contribution in [0.1, 0.15) is 65.9 Å². The summed E-state index contributed by atoms with van der Waals surface area (Å²) in [6.45, 7) is 4.05. The van der Waals surface area contributed by atoms with Gasteiger partial charge in [-0.2, -0.15) is 13.8 Å². The molecule has 1 saturated carbocycles. The topological polar surface area (TPSA) is 115 Å². The van der Waals surface area contributed by atoms with Crippen LogP contribution in [-0.4, -0.2) is 65.3 Å². The molecule has 2 fully saturated rings. The number of pyridine rings is 2. The van der Waals surface area contributed by atoms with Crippen molar-refractivity contribution in [2.75, 3.05) is 31.6 Å². The van der Waals surface area contributed by atoms with Gasteiger partial charge < -0.3 is 29.6 Å². The molecule has 3 heterocycles. The molecule has 0 unspecified atom stereocenters. The fraction of sp³-hybridized carbons (Fsp3) is 0.438. The Morgan fingerprint density at radius 2 is 1.84 bits per heavy atom. The van der Waals surface area contributed by atoms with Crippen LogP contribution >= 0.6 is 0 Å². The molecule has 1 aromatic carbocycles. The van der Waals surface area contributed by atoms with Gasteiger partial charge in [0.15, 0.2) is 0 Å². The Bertz CT molecular complexity index is 1620. The summed E-state index contributed by atoms with van der Waals surface area (Å²) < 4.78 is 51.3.